The molecule has 0 radical (unpaired) electrons. The zero-order chi connectivity index (χ0) is 24.2. The smallest absolute Gasteiger partial charge is 0.314 e. The highest BCUT2D eigenvalue weighted by atomic mass is 16.5. The maximum Gasteiger partial charge on any atom is 0.314 e. The van der Waals surface area contributed by atoms with Crippen molar-refractivity contribution < 1.29 is 9.53 Å². The molecule has 4 N–H and O–H groups in total. The summed E-state index contributed by atoms with van der Waals surface area (Å²) >= 11 is 0. The Bertz CT molecular complexity index is 1320. The van der Waals surface area contributed by atoms with E-state index in [2.05, 4.69) is 20.7 Å². The molecule has 0 saturated heterocycles. The number of ether oxygens (including phenoxy) is 1. The quantitative estimate of drug-likeness (QED) is 0.378. The molecule has 2 heterocycles. The second-order valence-electron chi connectivity index (χ2n) is 8.86. The summed E-state index contributed by atoms with van der Waals surface area (Å²) in [5, 5.41) is 10.0. The molecule has 1 saturated carbocycles. The number of anilines is 1. The van der Waals surface area contributed by atoms with E-state index >= 15 is 0 Å². The van der Waals surface area contributed by atoms with Gasteiger partial charge in [0, 0.05) is 25.1 Å². The van der Waals surface area contributed by atoms with Gasteiger partial charge < -0.3 is 21.1 Å². The molecule has 1 aliphatic rings. The van der Waals surface area contributed by atoms with Crippen molar-refractivity contribution in [3.63, 3.8) is 0 Å². The van der Waals surface area contributed by atoms with Crippen LogP contribution in [-0.4, -0.2) is 39.2 Å². The van der Waals surface area contributed by atoms with E-state index in [-0.39, 0.29) is 11.9 Å². The first-order valence-electron chi connectivity index (χ1n) is 11.8. The fraction of sp³-hybridized carbons (Fsp3) is 0.308. The van der Waals surface area contributed by atoms with E-state index < -0.39 is 0 Å². The van der Waals surface area contributed by atoms with Crippen molar-refractivity contribution in [1.29, 1.82) is 0 Å². The first-order chi connectivity index (χ1) is 17.1. The predicted octanol–water partition coefficient (Wildman–Crippen LogP) is 3.77. The lowest BCUT2D eigenvalue weighted by atomic mass is 10.0. The van der Waals surface area contributed by atoms with Crippen LogP contribution >= 0.6 is 0 Å². The molecule has 2 aromatic heterocycles. The third-order valence-corrected chi connectivity index (χ3v) is 6.53. The molecule has 2 unspecified atom stereocenters. The van der Waals surface area contributed by atoms with Crippen molar-refractivity contribution in [2.75, 3.05) is 19.3 Å². The predicted molar refractivity (Wildman–Crippen MR) is 134 cm³/mol. The molecule has 180 valence electrons. The van der Waals surface area contributed by atoms with Gasteiger partial charge in [0.15, 0.2) is 5.82 Å². The number of nitrogens with one attached hydrogen (secondary N) is 2. The molecule has 1 fully saturated rings. The summed E-state index contributed by atoms with van der Waals surface area (Å²) in [6.07, 6.45) is 4.38. The summed E-state index contributed by atoms with van der Waals surface area (Å²) in [4.78, 5) is 20.8. The Morgan fingerprint density at radius 1 is 1.17 bits per heavy atom. The minimum absolute atomic E-state index is 0.156. The van der Waals surface area contributed by atoms with Crippen LogP contribution in [-0.2, 0) is 6.61 Å². The SMILES string of the molecule is CNC(=O)NCC1CCC(c2nc(-c3cccc(OCc4ccccc4)c3)c3c(N)ncnn23)C1. The van der Waals surface area contributed by atoms with E-state index in [0.717, 1.165) is 47.7 Å². The molecule has 0 spiro atoms. The summed E-state index contributed by atoms with van der Waals surface area (Å²) in [5.41, 5.74) is 9.76. The lowest BCUT2D eigenvalue weighted by Crippen LogP contribution is -2.35. The lowest BCUT2D eigenvalue weighted by Gasteiger charge is -2.11. The van der Waals surface area contributed by atoms with E-state index in [1.807, 2.05) is 59.1 Å². The molecule has 9 heteroatoms. The molecular formula is C26H29N7O2. The Balaban J connectivity index is 1.41. The zero-order valence-electron chi connectivity index (χ0n) is 19.6. The van der Waals surface area contributed by atoms with Crippen molar-refractivity contribution in [2.45, 2.75) is 31.8 Å². The topological polar surface area (TPSA) is 119 Å². The van der Waals surface area contributed by atoms with Crippen molar-refractivity contribution in [1.82, 2.24) is 30.2 Å². The molecule has 9 nitrogen and oxygen atoms in total. The number of hydrogen-bond donors (Lipinski definition) is 3. The standard InChI is InChI=1S/C26H29N7O2/c1-28-26(34)29-14-18-10-11-20(12-18)25-32-22(23-24(27)30-16-31-33(23)25)19-8-5-9-21(13-19)35-15-17-6-3-2-4-7-17/h2-9,13,16,18,20H,10-12,14-15H2,1H3,(H2,27,30,31)(H2,28,29,34). The van der Waals surface area contributed by atoms with Crippen molar-refractivity contribution >= 4 is 17.4 Å². The molecule has 0 bridgehead atoms. The zero-order valence-corrected chi connectivity index (χ0v) is 19.6. The monoisotopic (exact) mass is 471 g/mol. The number of urea groups is 1. The highest BCUT2D eigenvalue weighted by Crippen LogP contribution is 2.40. The number of nitrogen functional groups attached to an aromatic ring is 1. The average molecular weight is 472 g/mol. The first kappa shape index (κ1) is 22.6. The second-order valence-corrected chi connectivity index (χ2v) is 8.86. The van der Waals surface area contributed by atoms with Gasteiger partial charge in [-0.2, -0.15) is 5.10 Å². The maximum absolute atomic E-state index is 11.6. The van der Waals surface area contributed by atoms with Gasteiger partial charge in [-0.25, -0.2) is 19.3 Å². The number of fused-ring (bicyclic) bond motifs is 1. The summed E-state index contributed by atoms with van der Waals surface area (Å²) in [6.45, 7) is 1.13. The number of benzene rings is 2. The van der Waals surface area contributed by atoms with Gasteiger partial charge in [0.05, 0.1) is 0 Å². The molecule has 2 amide bonds. The molecule has 2 aromatic carbocycles. The van der Waals surface area contributed by atoms with Crippen LogP contribution in [0.1, 0.15) is 36.6 Å². The normalized spacial score (nSPS) is 17.4. The molecular weight excluding hydrogens is 442 g/mol. The van der Waals surface area contributed by atoms with Gasteiger partial charge >= 0.3 is 6.03 Å². The van der Waals surface area contributed by atoms with Gasteiger partial charge in [-0.1, -0.05) is 42.5 Å². The minimum atomic E-state index is -0.156. The van der Waals surface area contributed by atoms with Crippen LogP contribution < -0.4 is 21.1 Å². The van der Waals surface area contributed by atoms with Gasteiger partial charge in [0.2, 0.25) is 0 Å². The molecule has 35 heavy (non-hydrogen) atoms. The van der Waals surface area contributed by atoms with Gasteiger partial charge in [0.1, 0.15) is 35.7 Å². The molecule has 2 atom stereocenters. The summed E-state index contributed by atoms with van der Waals surface area (Å²) < 4.78 is 7.86. The fourth-order valence-electron chi connectivity index (χ4n) is 4.74. The summed E-state index contributed by atoms with van der Waals surface area (Å²) in [5.74, 6) is 2.63. The van der Waals surface area contributed by atoms with E-state index in [1.165, 1.54) is 6.33 Å². The number of rotatable bonds is 7. The summed E-state index contributed by atoms with van der Waals surface area (Å²) in [7, 11) is 1.62. The Morgan fingerprint density at radius 2 is 2.03 bits per heavy atom. The third kappa shape index (κ3) is 4.89. The van der Waals surface area contributed by atoms with E-state index in [4.69, 9.17) is 15.5 Å². The lowest BCUT2D eigenvalue weighted by molar-refractivity contribution is 0.241. The van der Waals surface area contributed by atoms with Crippen molar-refractivity contribution in [2.24, 2.45) is 5.92 Å². The number of nitrogens with two attached hydrogens (primary N) is 1. The highest BCUT2D eigenvalue weighted by molar-refractivity contribution is 5.85. The molecule has 1 aliphatic carbocycles. The Morgan fingerprint density at radius 3 is 2.86 bits per heavy atom. The number of aromatic nitrogens is 4. The Kier molecular flexibility index (Phi) is 6.47. The van der Waals surface area contributed by atoms with Crippen molar-refractivity contribution in [3.05, 3.63) is 72.3 Å². The van der Waals surface area contributed by atoms with E-state index in [9.17, 15) is 4.79 Å². The molecule has 0 aliphatic heterocycles. The highest BCUT2D eigenvalue weighted by Gasteiger charge is 2.31. The number of amides is 2. The number of nitrogens with zero attached hydrogens (tertiary/aromatic N) is 4. The van der Waals surface area contributed by atoms with Gasteiger partial charge in [-0.3, -0.25) is 0 Å². The molecule has 5 rings (SSSR count). The van der Waals surface area contributed by atoms with Crippen LogP contribution in [0, 0.1) is 5.92 Å². The van der Waals surface area contributed by atoms with Gasteiger partial charge in [-0.15, -0.1) is 0 Å². The van der Waals surface area contributed by atoms with Crippen LogP contribution in [0.5, 0.6) is 5.75 Å². The second kappa shape index (κ2) is 10.0. The van der Waals surface area contributed by atoms with Crippen molar-refractivity contribution in [3.8, 4) is 17.0 Å². The minimum Gasteiger partial charge on any atom is -0.489 e. The molecule has 4 aromatic rings. The van der Waals surface area contributed by atoms with Gasteiger partial charge in [0.25, 0.3) is 0 Å². The third-order valence-electron chi connectivity index (χ3n) is 6.53. The number of carbonyl (C=O) groups is 1. The van der Waals surface area contributed by atoms with E-state index in [0.29, 0.717) is 30.4 Å². The van der Waals surface area contributed by atoms with Crippen LogP contribution in [0.4, 0.5) is 10.6 Å². The maximum atomic E-state index is 11.6. The largest absolute Gasteiger partial charge is 0.489 e. The fourth-order valence-corrected chi connectivity index (χ4v) is 4.74. The van der Waals surface area contributed by atoms with Crippen LogP contribution in [0.3, 0.4) is 0 Å². The number of carbonyl (C=O) groups excluding carboxylic acids is 1. The number of hydrogen-bond acceptors (Lipinski definition) is 6. The Hall–Kier alpha value is -4.14. The van der Waals surface area contributed by atoms with Gasteiger partial charge in [-0.05, 0) is 42.9 Å². The van der Waals surface area contributed by atoms with Crippen LogP contribution in [0.25, 0.3) is 16.8 Å². The van der Waals surface area contributed by atoms with Crippen LogP contribution in [0.2, 0.25) is 0 Å². The van der Waals surface area contributed by atoms with E-state index in [1.54, 1.807) is 7.05 Å². The van der Waals surface area contributed by atoms with Crippen LogP contribution in [0.15, 0.2) is 60.9 Å². The summed E-state index contributed by atoms with van der Waals surface area (Å²) in [6, 6.07) is 17.8. The number of imidazole rings is 1. The Labute approximate surface area is 203 Å². The average Bonchev–Trinajstić information content (AvgIpc) is 3.52. The first-order valence-corrected chi connectivity index (χ1v) is 11.8.